The summed E-state index contributed by atoms with van der Waals surface area (Å²) in [5.41, 5.74) is 2.60. The summed E-state index contributed by atoms with van der Waals surface area (Å²) in [5, 5.41) is 1.18. The number of likely N-dealkylation sites (tertiary alicyclic amines) is 1. The van der Waals surface area contributed by atoms with Crippen molar-refractivity contribution in [3.63, 3.8) is 0 Å². The van der Waals surface area contributed by atoms with E-state index in [-0.39, 0.29) is 11.9 Å². The monoisotopic (exact) mass is 349 g/mol. The number of aromatic amines is 1. The Morgan fingerprint density at radius 2 is 2.04 bits per heavy atom. The van der Waals surface area contributed by atoms with Gasteiger partial charge in [0, 0.05) is 31.9 Å². The lowest BCUT2D eigenvalue weighted by atomic mass is 9.99. The second kappa shape index (κ2) is 6.78. The van der Waals surface area contributed by atoms with E-state index in [9.17, 15) is 4.79 Å². The Bertz CT molecular complexity index is 882. The number of piperidine rings is 1. The minimum Gasteiger partial charge on any atom is -0.361 e. The molecule has 1 aromatic carbocycles. The van der Waals surface area contributed by atoms with Crippen molar-refractivity contribution in [3.8, 4) is 0 Å². The first-order valence-electron chi connectivity index (χ1n) is 9.01. The van der Waals surface area contributed by atoms with Crippen molar-refractivity contribution in [2.45, 2.75) is 25.3 Å². The minimum absolute atomic E-state index is 0.0498. The van der Waals surface area contributed by atoms with Crippen LogP contribution in [0.5, 0.6) is 0 Å². The molecule has 0 spiro atoms. The highest BCUT2D eigenvalue weighted by molar-refractivity contribution is 5.92. The maximum absolute atomic E-state index is 13.1. The summed E-state index contributed by atoms with van der Waals surface area (Å²) in [6.07, 6.45) is 6.33. The molecule has 6 nitrogen and oxygen atoms in total. The molecular weight excluding hydrogens is 326 g/mol. The van der Waals surface area contributed by atoms with Gasteiger partial charge in [-0.05, 0) is 36.8 Å². The highest BCUT2D eigenvalue weighted by Crippen LogP contribution is 2.33. The number of nitrogens with zero attached hydrogens (tertiary/aromatic N) is 4. The second-order valence-corrected chi connectivity index (χ2v) is 6.98. The van der Waals surface area contributed by atoms with E-state index in [1.807, 2.05) is 36.0 Å². The van der Waals surface area contributed by atoms with Crippen LogP contribution in [0.25, 0.3) is 10.9 Å². The lowest BCUT2D eigenvalue weighted by Crippen LogP contribution is -2.39. The van der Waals surface area contributed by atoms with Gasteiger partial charge in [-0.25, -0.2) is 9.97 Å². The van der Waals surface area contributed by atoms with E-state index in [2.05, 4.69) is 33.2 Å². The summed E-state index contributed by atoms with van der Waals surface area (Å²) < 4.78 is 0. The number of benzene rings is 1. The smallest absolute Gasteiger partial charge is 0.274 e. The molecule has 6 heteroatoms. The number of fused-ring (bicyclic) bond motifs is 1. The Labute approximate surface area is 152 Å². The minimum atomic E-state index is -0.0498. The quantitative estimate of drug-likeness (QED) is 0.787. The van der Waals surface area contributed by atoms with E-state index >= 15 is 0 Å². The number of hydrogen-bond donors (Lipinski definition) is 1. The third-order valence-corrected chi connectivity index (χ3v) is 4.99. The van der Waals surface area contributed by atoms with Crippen molar-refractivity contribution in [1.29, 1.82) is 0 Å². The van der Waals surface area contributed by atoms with E-state index in [1.165, 1.54) is 5.39 Å². The fourth-order valence-electron chi connectivity index (χ4n) is 3.58. The molecule has 4 rings (SSSR count). The molecule has 0 aliphatic carbocycles. The molecule has 1 aliphatic rings. The zero-order valence-electron chi connectivity index (χ0n) is 15.1. The van der Waals surface area contributed by atoms with E-state index in [4.69, 9.17) is 0 Å². The van der Waals surface area contributed by atoms with Gasteiger partial charge in [0.2, 0.25) is 0 Å². The number of carbonyl (C=O) groups excluding carboxylic acids is 1. The lowest BCUT2D eigenvalue weighted by molar-refractivity contribution is 0.0600. The van der Waals surface area contributed by atoms with Gasteiger partial charge in [-0.2, -0.15) is 0 Å². The largest absolute Gasteiger partial charge is 0.361 e. The number of rotatable bonds is 3. The fraction of sp³-hybridized carbons (Fsp3) is 0.350. The number of carbonyl (C=O) groups is 1. The molecule has 0 radical (unpaired) electrons. The van der Waals surface area contributed by atoms with Gasteiger partial charge in [-0.15, -0.1) is 0 Å². The van der Waals surface area contributed by atoms with Gasteiger partial charge in [0.05, 0.1) is 18.4 Å². The predicted octanol–water partition coefficient (Wildman–Crippen LogP) is 3.39. The average Bonchev–Trinajstić information content (AvgIpc) is 3.11. The molecule has 0 bridgehead atoms. The summed E-state index contributed by atoms with van der Waals surface area (Å²) in [4.78, 5) is 29.0. The Kier molecular flexibility index (Phi) is 4.32. The summed E-state index contributed by atoms with van der Waals surface area (Å²) in [6, 6.07) is 10.4. The second-order valence-electron chi connectivity index (χ2n) is 6.98. The fourth-order valence-corrected chi connectivity index (χ4v) is 3.58. The third-order valence-electron chi connectivity index (χ3n) is 4.99. The number of anilines is 1. The van der Waals surface area contributed by atoms with Crippen molar-refractivity contribution in [1.82, 2.24) is 19.9 Å². The van der Waals surface area contributed by atoms with Crippen LogP contribution in [0.1, 0.15) is 41.5 Å². The maximum Gasteiger partial charge on any atom is 0.274 e. The molecule has 3 aromatic rings. The van der Waals surface area contributed by atoms with E-state index in [0.29, 0.717) is 5.69 Å². The zero-order chi connectivity index (χ0) is 18.1. The van der Waals surface area contributed by atoms with Crippen molar-refractivity contribution in [2.24, 2.45) is 0 Å². The highest BCUT2D eigenvalue weighted by Gasteiger charge is 2.30. The molecule has 1 unspecified atom stereocenters. The molecule has 2 aromatic heterocycles. The molecule has 0 saturated carbocycles. The van der Waals surface area contributed by atoms with E-state index in [0.717, 1.165) is 42.8 Å². The van der Waals surface area contributed by atoms with Gasteiger partial charge in [0.15, 0.2) is 0 Å². The van der Waals surface area contributed by atoms with Crippen molar-refractivity contribution in [3.05, 3.63) is 54.1 Å². The van der Waals surface area contributed by atoms with Crippen molar-refractivity contribution >= 4 is 22.6 Å². The number of amides is 1. The van der Waals surface area contributed by atoms with Gasteiger partial charge in [0.1, 0.15) is 11.5 Å². The van der Waals surface area contributed by atoms with Crippen molar-refractivity contribution < 1.29 is 4.79 Å². The molecule has 1 N–H and O–H groups in total. The molecular formula is C20H23N5O. The third kappa shape index (κ3) is 3.03. The van der Waals surface area contributed by atoms with E-state index < -0.39 is 0 Å². The van der Waals surface area contributed by atoms with Gasteiger partial charge in [-0.3, -0.25) is 4.79 Å². The Morgan fingerprint density at radius 1 is 1.19 bits per heavy atom. The maximum atomic E-state index is 13.1. The molecule has 26 heavy (non-hydrogen) atoms. The number of hydrogen-bond acceptors (Lipinski definition) is 4. The Hall–Kier alpha value is -2.89. The van der Waals surface area contributed by atoms with Gasteiger partial charge in [0.25, 0.3) is 5.91 Å². The van der Waals surface area contributed by atoms with E-state index in [1.54, 1.807) is 12.4 Å². The first-order chi connectivity index (χ1) is 12.6. The zero-order valence-corrected chi connectivity index (χ0v) is 15.1. The Morgan fingerprint density at radius 3 is 2.77 bits per heavy atom. The molecule has 134 valence electrons. The summed E-state index contributed by atoms with van der Waals surface area (Å²) in [7, 11) is 3.81. The van der Waals surface area contributed by atoms with Crippen LogP contribution in [-0.4, -0.2) is 46.4 Å². The van der Waals surface area contributed by atoms with Crippen LogP contribution < -0.4 is 4.90 Å². The number of H-pyrrole nitrogens is 1. The molecule has 1 atom stereocenters. The highest BCUT2D eigenvalue weighted by atomic mass is 16.2. The van der Waals surface area contributed by atoms with Crippen LogP contribution in [0.3, 0.4) is 0 Å². The molecule has 3 heterocycles. The van der Waals surface area contributed by atoms with Gasteiger partial charge >= 0.3 is 0 Å². The summed E-state index contributed by atoms with van der Waals surface area (Å²) in [5.74, 6) is 0.693. The first kappa shape index (κ1) is 16.6. The van der Waals surface area contributed by atoms with Crippen LogP contribution in [0.4, 0.5) is 5.82 Å². The summed E-state index contributed by atoms with van der Waals surface area (Å²) in [6.45, 7) is 0.746. The van der Waals surface area contributed by atoms with Crippen LogP contribution in [0.2, 0.25) is 0 Å². The number of aromatic nitrogens is 3. The Balaban J connectivity index is 1.63. The van der Waals surface area contributed by atoms with Crippen LogP contribution >= 0.6 is 0 Å². The molecule has 1 fully saturated rings. The standard InChI is InChI=1S/C20H23N5O/c1-24(2)19-13-21-17(12-22-19)20(26)25-10-6-5-9-18(25)16-11-14-7-3-4-8-15(14)23-16/h3-4,7-8,11-13,18,23H,5-6,9-10H2,1-2H3. The average molecular weight is 349 g/mol. The van der Waals surface area contributed by atoms with Gasteiger partial charge in [-0.1, -0.05) is 18.2 Å². The predicted molar refractivity (Wildman–Crippen MR) is 102 cm³/mol. The normalized spacial score (nSPS) is 17.5. The lowest BCUT2D eigenvalue weighted by Gasteiger charge is -2.35. The topological polar surface area (TPSA) is 65.1 Å². The van der Waals surface area contributed by atoms with Crippen LogP contribution in [0.15, 0.2) is 42.7 Å². The number of para-hydroxylation sites is 1. The molecule has 1 amide bonds. The SMILES string of the molecule is CN(C)c1cnc(C(=O)N2CCCCC2c2cc3ccccc3[nH]2)cn1. The van der Waals surface area contributed by atoms with Crippen LogP contribution in [0, 0.1) is 0 Å². The summed E-state index contributed by atoms with van der Waals surface area (Å²) >= 11 is 0. The van der Waals surface area contributed by atoms with Crippen LogP contribution in [-0.2, 0) is 0 Å². The molecule has 1 aliphatic heterocycles. The number of nitrogens with one attached hydrogen (secondary N) is 1. The molecule has 1 saturated heterocycles. The van der Waals surface area contributed by atoms with Gasteiger partial charge < -0.3 is 14.8 Å². The first-order valence-corrected chi connectivity index (χ1v) is 9.01. The van der Waals surface area contributed by atoms with Crippen molar-refractivity contribution in [2.75, 3.05) is 25.5 Å².